The number of rotatable bonds is 4. The fourth-order valence-corrected chi connectivity index (χ4v) is 3.74. The van der Waals surface area contributed by atoms with Crippen molar-refractivity contribution in [3.05, 3.63) is 81.8 Å². The zero-order valence-corrected chi connectivity index (χ0v) is 16.4. The number of carbonyl (C=O) groups excluding carboxylic acids is 2. The van der Waals surface area contributed by atoms with E-state index < -0.39 is 0 Å². The van der Waals surface area contributed by atoms with Crippen LogP contribution in [-0.2, 0) is 6.54 Å². The highest BCUT2D eigenvalue weighted by Crippen LogP contribution is 2.30. The summed E-state index contributed by atoms with van der Waals surface area (Å²) in [4.78, 5) is 29.7. The molecule has 0 bridgehead atoms. The fraction of sp³-hybridized carbons (Fsp3) is 0.182. The molecule has 144 valence electrons. The average molecular weight is 405 g/mol. The van der Waals surface area contributed by atoms with Crippen molar-refractivity contribution in [3.63, 3.8) is 0 Å². The molecule has 0 N–H and O–H groups in total. The molecule has 2 aromatic carbocycles. The van der Waals surface area contributed by atoms with Gasteiger partial charge in [-0.15, -0.1) is 0 Å². The number of nitrogens with zero attached hydrogens (tertiary/aromatic N) is 4. The number of benzene rings is 2. The number of aromatic nitrogens is 2. The number of halogens is 1. The molecule has 1 aliphatic heterocycles. The molecule has 0 aliphatic carbocycles. The molecule has 3 aromatic rings. The lowest BCUT2D eigenvalue weighted by atomic mass is 10.1. The number of amides is 1. The summed E-state index contributed by atoms with van der Waals surface area (Å²) in [7, 11) is 0. The third-order valence-corrected chi connectivity index (χ3v) is 5.23. The molecule has 2 heterocycles. The predicted octanol–water partition coefficient (Wildman–Crippen LogP) is 4.78. The van der Waals surface area contributed by atoms with Crippen molar-refractivity contribution < 1.29 is 9.59 Å². The summed E-state index contributed by atoms with van der Waals surface area (Å²) in [5.41, 5.74) is 3.68. The SMILES string of the molecule is [C-]#[N+]c1ccc(CN2C[C@H](C)n3nc(-c4ccc(Cl)cc4C=O)cc3C2=O)cc1. The van der Waals surface area contributed by atoms with Gasteiger partial charge >= 0.3 is 0 Å². The van der Waals surface area contributed by atoms with E-state index in [1.807, 2.05) is 19.1 Å². The van der Waals surface area contributed by atoms with Gasteiger partial charge in [-0.2, -0.15) is 5.10 Å². The van der Waals surface area contributed by atoms with Gasteiger partial charge in [-0.1, -0.05) is 41.9 Å². The Morgan fingerprint density at radius 1 is 1.24 bits per heavy atom. The zero-order valence-electron chi connectivity index (χ0n) is 15.7. The highest BCUT2D eigenvalue weighted by molar-refractivity contribution is 6.31. The summed E-state index contributed by atoms with van der Waals surface area (Å²) < 4.78 is 1.72. The van der Waals surface area contributed by atoms with Crippen LogP contribution in [-0.4, -0.2) is 33.4 Å². The van der Waals surface area contributed by atoms with Crippen molar-refractivity contribution in [2.24, 2.45) is 0 Å². The molecular formula is C22H17ClN4O2. The number of carbonyl (C=O) groups is 2. The van der Waals surface area contributed by atoms with Crippen LogP contribution in [0.5, 0.6) is 0 Å². The third-order valence-electron chi connectivity index (χ3n) is 5.00. The molecule has 0 spiro atoms. The topological polar surface area (TPSA) is 59.6 Å². The molecule has 1 atom stereocenters. The maximum absolute atomic E-state index is 13.1. The number of fused-ring (bicyclic) bond motifs is 1. The van der Waals surface area contributed by atoms with Crippen molar-refractivity contribution in [3.8, 4) is 11.3 Å². The van der Waals surface area contributed by atoms with E-state index >= 15 is 0 Å². The zero-order chi connectivity index (χ0) is 20.5. The lowest BCUT2D eigenvalue weighted by molar-refractivity contribution is 0.0651. The fourth-order valence-electron chi connectivity index (χ4n) is 3.56. The maximum Gasteiger partial charge on any atom is 0.272 e. The van der Waals surface area contributed by atoms with Crippen LogP contribution in [0.4, 0.5) is 5.69 Å². The summed E-state index contributed by atoms with van der Waals surface area (Å²) in [5, 5.41) is 5.06. The van der Waals surface area contributed by atoms with Gasteiger partial charge < -0.3 is 4.90 Å². The van der Waals surface area contributed by atoms with E-state index in [9.17, 15) is 9.59 Å². The highest BCUT2D eigenvalue weighted by Gasteiger charge is 2.31. The molecule has 4 rings (SSSR count). The molecule has 1 aromatic heterocycles. The van der Waals surface area contributed by atoms with Gasteiger partial charge in [0.15, 0.2) is 12.0 Å². The predicted molar refractivity (Wildman–Crippen MR) is 110 cm³/mol. The van der Waals surface area contributed by atoms with Crippen LogP contribution in [0.3, 0.4) is 0 Å². The quantitative estimate of drug-likeness (QED) is 0.464. The molecule has 0 fully saturated rings. The molecule has 0 unspecified atom stereocenters. The lowest BCUT2D eigenvalue weighted by Gasteiger charge is -2.31. The second kappa shape index (κ2) is 7.53. The van der Waals surface area contributed by atoms with E-state index in [0.717, 1.165) is 11.8 Å². The van der Waals surface area contributed by atoms with Gasteiger partial charge in [-0.05, 0) is 30.7 Å². The van der Waals surface area contributed by atoms with Crippen LogP contribution in [0.1, 0.15) is 39.4 Å². The first kappa shape index (κ1) is 18.9. The first-order chi connectivity index (χ1) is 14.0. The van der Waals surface area contributed by atoms with Crippen molar-refractivity contribution in [1.29, 1.82) is 0 Å². The molecule has 1 aliphatic rings. The van der Waals surface area contributed by atoms with Crippen molar-refractivity contribution >= 4 is 29.5 Å². The van der Waals surface area contributed by atoms with Gasteiger partial charge in [0.05, 0.1) is 18.3 Å². The third kappa shape index (κ3) is 3.53. The second-order valence-electron chi connectivity index (χ2n) is 7.02. The van der Waals surface area contributed by atoms with E-state index in [2.05, 4.69) is 9.94 Å². The minimum Gasteiger partial charge on any atom is -0.331 e. The summed E-state index contributed by atoms with van der Waals surface area (Å²) in [5.74, 6) is -0.113. The maximum atomic E-state index is 13.1. The summed E-state index contributed by atoms with van der Waals surface area (Å²) in [6.45, 7) is 10.0. The number of aldehydes is 1. The molecule has 29 heavy (non-hydrogen) atoms. The lowest BCUT2D eigenvalue weighted by Crippen LogP contribution is -2.41. The first-order valence-electron chi connectivity index (χ1n) is 9.10. The van der Waals surface area contributed by atoms with Crippen molar-refractivity contribution in [2.75, 3.05) is 6.54 Å². The van der Waals surface area contributed by atoms with Crippen LogP contribution in [0.15, 0.2) is 48.5 Å². The summed E-state index contributed by atoms with van der Waals surface area (Å²) >= 11 is 5.98. The molecular weight excluding hydrogens is 388 g/mol. The Labute approximate surface area is 173 Å². The normalized spacial score (nSPS) is 15.7. The van der Waals surface area contributed by atoms with Crippen LogP contribution in [0.2, 0.25) is 5.02 Å². The van der Waals surface area contributed by atoms with E-state index in [1.165, 1.54) is 0 Å². The van der Waals surface area contributed by atoms with Gasteiger partial charge in [-0.25, -0.2) is 4.85 Å². The minimum absolute atomic E-state index is 0.00838. The van der Waals surface area contributed by atoms with Crippen LogP contribution >= 0.6 is 11.6 Å². The van der Waals surface area contributed by atoms with Gasteiger partial charge in [0.2, 0.25) is 0 Å². The average Bonchev–Trinajstić information content (AvgIpc) is 3.18. The van der Waals surface area contributed by atoms with Gasteiger partial charge in [-0.3, -0.25) is 14.3 Å². The Kier molecular flexibility index (Phi) is 4.91. The Bertz CT molecular complexity index is 1140. The van der Waals surface area contributed by atoms with Crippen molar-refractivity contribution in [2.45, 2.75) is 19.5 Å². The van der Waals surface area contributed by atoms with E-state index in [4.69, 9.17) is 18.2 Å². The van der Waals surface area contributed by atoms with E-state index in [1.54, 1.807) is 46.0 Å². The standard InChI is InChI=1S/C22H17ClN4O2/c1-14-11-26(12-15-3-6-18(24-2)7-4-15)22(29)21-10-20(25-27(14)21)19-8-5-17(23)9-16(19)13-28/h3-10,13-14H,11-12H2,1H3/t14-/m0/s1. The Morgan fingerprint density at radius 2 is 2.00 bits per heavy atom. The Hall–Kier alpha value is -3.43. The molecule has 0 radical (unpaired) electrons. The largest absolute Gasteiger partial charge is 0.331 e. The van der Waals surface area contributed by atoms with Gasteiger partial charge in [0.1, 0.15) is 5.69 Å². The number of hydrogen-bond acceptors (Lipinski definition) is 3. The van der Waals surface area contributed by atoms with Crippen LogP contribution < -0.4 is 0 Å². The molecule has 6 nitrogen and oxygen atoms in total. The van der Waals surface area contributed by atoms with E-state index in [0.29, 0.717) is 46.3 Å². The van der Waals surface area contributed by atoms with Gasteiger partial charge in [0.25, 0.3) is 5.91 Å². The van der Waals surface area contributed by atoms with Crippen LogP contribution in [0.25, 0.3) is 16.1 Å². The molecule has 0 saturated carbocycles. The molecule has 0 saturated heterocycles. The smallest absolute Gasteiger partial charge is 0.272 e. The minimum atomic E-state index is -0.113. The molecule has 7 heteroatoms. The summed E-state index contributed by atoms with van der Waals surface area (Å²) in [6, 6.07) is 14.0. The first-order valence-corrected chi connectivity index (χ1v) is 9.48. The van der Waals surface area contributed by atoms with Crippen molar-refractivity contribution in [1.82, 2.24) is 14.7 Å². The number of hydrogen-bond donors (Lipinski definition) is 0. The van der Waals surface area contributed by atoms with Gasteiger partial charge in [0, 0.05) is 29.2 Å². The Morgan fingerprint density at radius 3 is 2.69 bits per heavy atom. The van der Waals surface area contributed by atoms with Crippen LogP contribution in [0, 0.1) is 6.57 Å². The monoisotopic (exact) mass is 404 g/mol. The second-order valence-corrected chi connectivity index (χ2v) is 7.46. The molecule has 1 amide bonds. The highest BCUT2D eigenvalue weighted by atomic mass is 35.5. The van der Waals surface area contributed by atoms with E-state index in [-0.39, 0.29) is 11.9 Å². The summed E-state index contributed by atoms with van der Waals surface area (Å²) in [6.07, 6.45) is 0.740. The Balaban J connectivity index is 1.65.